The minimum absolute atomic E-state index is 0.194. The Bertz CT molecular complexity index is 448. The summed E-state index contributed by atoms with van der Waals surface area (Å²) in [7, 11) is 0. The van der Waals surface area contributed by atoms with Gasteiger partial charge in [0.2, 0.25) is 0 Å². The molecule has 1 unspecified atom stereocenters. The van der Waals surface area contributed by atoms with Crippen molar-refractivity contribution in [2.24, 2.45) is 0 Å². The monoisotopic (exact) mass is 283 g/mol. The Morgan fingerprint density at radius 3 is 2.89 bits per heavy atom. The Hall–Kier alpha value is -1.55. The second kappa shape index (κ2) is 7.79. The van der Waals surface area contributed by atoms with Crippen LogP contribution in [0.3, 0.4) is 0 Å². The molecule has 104 valence electrons. The standard InChI is InChI=1S/C14H18ClNO3/c1-3-4-7-16-14(18)10(2)19-13-6-5-12(15)8-11(13)9-17/h5-6,8-10H,3-4,7H2,1-2H3,(H,16,18). The van der Waals surface area contributed by atoms with Gasteiger partial charge in [0.15, 0.2) is 12.4 Å². The number of carbonyl (C=O) groups excluding carboxylic acids is 2. The molecule has 0 radical (unpaired) electrons. The van der Waals surface area contributed by atoms with Crippen LogP contribution >= 0.6 is 11.6 Å². The molecule has 0 aromatic heterocycles. The molecule has 0 saturated carbocycles. The van der Waals surface area contributed by atoms with Gasteiger partial charge in [0.25, 0.3) is 5.91 Å². The van der Waals surface area contributed by atoms with Crippen LogP contribution in [0.2, 0.25) is 5.02 Å². The smallest absolute Gasteiger partial charge is 0.260 e. The summed E-state index contributed by atoms with van der Waals surface area (Å²) >= 11 is 5.79. The Morgan fingerprint density at radius 2 is 2.26 bits per heavy atom. The molecule has 1 N–H and O–H groups in total. The van der Waals surface area contributed by atoms with Crippen LogP contribution in [-0.4, -0.2) is 24.8 Å². The van der Waals surface area contributed by atoms with Crippen molar-refractivity contribution in [2.75, 3.05) is 6.54 Å². The second-order valence-electron chi connectivity index (χ2n) is 4.20. The van der Waals surface area contributed by atoms with Crippen molar-refractivity contribution in [3.05, 3.63) is 28.8 Å². The van der Waals surface area contributed by atoms with Crippen LogP contribution in [0.25, 0.3) is 0 Å². The molecule has 0 aliphatic rings. The highest BCUT2D eigenvalue weighted by molar-refractivity contribution is 6.30. The summed E-state index contributed by atoms with van der Waals surface area (Å²) in [6.45, 7) is 4.32. The van der Waals surface area contributed by atoms with Crippen LogP contribution in [0.5, 0.6) is 5.75 Å². The number of benzene rings is 1. The van der Waals surface area contributed by atoms with Crippen LogP contribution in [0.4, 0.5) is 0 Å². The van der Waals surface area contributed by atoms with E-state index >= 15 is 0 Å². The van der Waals surface area contributed by atoms with Gasteiger partial charge < -0.3 is 10.1 Å². The zero-order valence-corrected chi connectivity index (χ0v) is 11.9. The van der Waals surface area contributed by atoms with Crippen molar-refractivity contribution in [3.8, 4) is 5.75 Å². The number of aldehydes is 1. The number of hydrogen-bond donors (Lipinski definition) is 1. The van der Waals surface area contributed by atoms with Crippen LogP contribution in [0.15, 0.2) is 18.2 Å². The van der Waals surface area contributed by atoms with Gasteiger partial charge in [-0.3, -0.25) is 9.59 Å². The molecule has 4 nitrogen and oxygen atoms in total. The average molecular weight is 284 g/mol. The molecule has 0 spiro atoms. The van der Waals surface area contributed by atoms with Gasteiger partial charge in [-0.2, -0.15) is 0 Å². The van der Waals surface area contributed by atoms with E-state index in [0.29, 0.717) is 29.2 Å². The molecule has 5 heteroatoms. The molecule has 0 aliphatic heterocycles. The summed E-state index contributed by atoms with van der Waals surface area (Å²) in [5.74, 6) is 0.165. The first-order valence-corrected chi connectivity index (χ1v) is 6.65. The molecular formula is C14H18ClNO3. The molecule has 0 saturated heterocycles. The number of carbonyl (C=O) groups is 2. The fourth-order valence-electron chi connectivity index (χ4n) is 1.49. The minimum atomic E-state index is -0.656. The van der Waals surface area contributed by atoms with E-state index in [1.54, 1.807) is 19.1 Å². The van der Waals surface area contributed by atoms with Gasteiger partial charge >= 0.3 is 0 Å². The van der Waals surface area contributed by atoms with Crippen molar-refractivity contribution in [1.82, 2.24) is 5.32 Å². The van der Waals surface area contributed by atoms with Crippen LogP contribution in [0, 0.1) is 0 Å². The Kier molecular flexibility index (Phi) is 6.36. The molecular weight excluding hydrogens is 266 g/mol. The predicted octanol–water partition coefficient (Wildman–Crippen LogP) is 2.84. The third-order valence-electron chi connectivity index (χ3n) is 2.60. The summed E-state index contributed by atoms with van der Waals surface area (Å²) in [5, 5.41) is 3.23. The lowest BCUT2D eigenvalue weighted by molar-refractivity contribution is -0.127. The van der Waals surface area contributed by atoms with E-state index in [2.05, 4.69) is 12.2 Å². The number of amides is 1. The van der Waals surface area contributed by atoms with Gasteiger partial charge in [0, 0.05) is 11.6 Å². The van der Waals surface area contributed by atoms with Crippen LogP contribution in [0.1, 0.15) is 37.0 Å². The van der Waals surface area contributed by atoms with Gasteiger partial charge in [0.05, 0.1) is 5.56 Å². The van der Waals surface area contributed by atoms with Crippen molar-refractivity contribution >= 4 is 23.8 Å². The molecule has 1 aromatic rings. The number of halogens is 1. The molecule has 1 aromatic carbocycles. The maximum absolute atomic E-state index is 11.7. The van der Waals surface area contributed by atoms with Gasteiger partial charge in [-0.1, -0.05) is 24.9 Å². The maximum Gasteiger partial charge on any atom is 0.260 e. The summed E-state index contributed by atoms with van der Waals surface area (Å²) in [6.07, 6.45) is 1.95. The van der Waals surface area contributed by atoms with E-state index in [-0.39, 0.29) is 5.91 Å². The molecule has 0 fully saturated rings. The highest BCUT2D eigenvalue weighted by Crippen LogP contribution is 2.22. The quantitative estimate of drug-likeness (QED) is 0.618. The molecule has 0 aliphatic carbocycles. The Labute approximate surface area is 118 Å². The van der Waals surface area contributed by atoms with Gasteiger partial charge in [-0.15, -0.1) is 0 Å². The molecule has 19 heavy (non-hydrogen) atoms. The van der Waals surface area contributed by atoms with Crippen molar-refractivity contribution in [2.45, 2.75) is 32.8 Å². The fraction of sp³-hybridized carbons (Fsp3) is 0.429. The first-order chi connectivity index (χ1) is 9.08. The van der Waals surface area contributed by atoms with Gasteiger partial charge in [-0.05, 0) is 31.5 Å². The molecule has 1 rings (SSSR count). The summed E-state index contributed by atoms with van der Waals surface area (Å²) < 4.78 is 5.48. The Morgan fingerprint density at radius 1 is 1.53 bits per heavy atom. The normalized spacial score (nSPS) is 11.7. The third kappa shape index (κ3) is 4.91. The predicted molar refractivity (Wildman–Crippen MR) is 74.8 cm³/mol. The number of nitrogens with one attached hydrogen (secondary N) is 1. The maximum atomic E-state index is 11.7. The lowest BCUT2D eigenvalue weighted by Crippen LogP contribution is -2.36. The summed E-state index contributed by atoms with van der Waals surface area (Å²) in [4.78, 5) is 22.6. The topological polar surface area (TPSA) is 55.4 Å². The van der Waals surface area contributed by atoms with Crippen molar-refractivity contribution in [3.63, 3.8) is 0 Å². The lowest BCUT2D eigenvalue weighted by Gasteiger charge is -2.15. The molecule has 0 heterocycles. The lowest BCUT2D eigenvalue weighted by atomic mass is 10.2. The average Bonchev–Trinajstić information content (AvgIpc) is 2.40. The van der Waals surface area contributed by atoms with Gasteiger partial charge in [-0.25, -0.2) is 0 Å². The van der Waals surface area contributed by atoms with E-state index in [9.17, 15) is 9.59 Å². The van der Waals surface area contributed by atoms with E-state index in [0.717, 1.165) is 12.8 Å². The van der Waals surface area contributed by atoms with Crippen molar-refractivity contribution < 1.29 is 14.3 Å². The summed E-state index contributed by atoms with van der Waals surface area (Å²) in [5.41, 5.74) is 0.334. The molecule has 1 amide bonds. The molecule has 0 bridgehead atoms. The Balaban J connectivity index is 2.63. The zero-order chi connectivity index (χ0) is 14.3. The van der Waals surface area contributed by atoms with Crippen molar-refractivity contribution in [1.29, 1.82) is 0 Å². The van der Waals surface area contributed by atoms with Crippen LogP contribution < -0.4 is 10.1 Å². The number of rotatable bonds is 7. The first-order valence-electron chi connectivity index (χ1n) is 6.27. The SMILES string of the molecule is CCCCNC(=O)C(C)Oc1ccc(Cl)cc1C=O. The van der Waals surface area contributed by atoms with E-state index in [1.807, 2.05) is 0 Å². The van der Waals surface area contributed by atoms with E-state index < -0.39 is 6.10 Å². The third-order valence-corrected chi connectivity index (χ3v) is 2.84. The highest BCUT2D eigenvalue weighted by Gasteiger charge is 2.15. The number of unbranched alkanes of at least 4 members (excludes halogenated alkanes) is 1. The van der Waals surface area contributed by atoms with E-state index in [4.69, 9.17) is 16.3 Å². The highest BCUT2D eigenvalue weighted by atomic mass is 35.5. The number of ether oxygens (including phenoxy) is 1. The molecule has 1 atom stereocenters. The first kappa shape index (κ1) is 15.5. The largest absolute Gasteiger partial charge is 0.480 e. The van der Waals surface area contributed by atoms with Crippen LogP contribution in [-0.2, 0) is 4.79 Å². The second-order valence-corrected chi connectivity index (χ2v) is 4.64. The minimum Gasteiger partial charge on any atom is -0.480 e. The summed E-state index contributed by atoms with van der Waals surface area (Å²) in [6, 6.07) is 4.71. The zero-order valence-electron chi connectivity index (χ0n) is 11.1. The van der Waals surface area contributed by atoms with Gasteiger partial charge in [0.1, 0.15) is 5.75 Å². The number of hydrogen-bond acceptors (Lipinski definition) is 3. The fourth-order valence-corrected chi connectivity index (χ4v) is 1.68. The van der Waals surface area contributed by atoms with E-state index in [1.165, 1.54) is 6.07 Å².